The molecule has 0 amide bonds. The van der Waals surface area contributed by atoms with Crippen LogP contribution in [-0.2, 0) is 0 Å². The Balaban J connectivity index is 0.000000128. The van der Waals surface area contributed by atoms with Crippen LogP contribution >= 0.6 is 15.9 Å². The lowest BCUT2D eigenvalue weighted by Crippen LogP contribution is -2.09. The molecule has 0 aliphatic heterocycles. The minimum atomic E-state index is 0.867. The first-order chi connectivity index (χ1) is 54.0. The van der Waals surface area contributed by atoms with E-state index < -0.39 is 0 Å². The largest absolute Gasteiger partial charge is 0.356 e. The van der Waals surface area contributed by atoms with Crippen molar-refractivity contribution < 1.29 is 0 Å². The standard InChI is InChI=1S/C50H34N4.C30H22N2.C20H13BrN2/c1-4-14-36(15-5-1)49-50(52-46-22-12-11-21-45(46)51-49)37-26-31-42(32-27-37)53(39-16-6-2-7-17-39)41-29-24-35(25-30-41)38-28-33-48-44(34-38)43-20-10-13-23-47(43)54(48)40-18-8-3-9-19-40;1-3-9-24(10-4-1)31-25-18-15-22(16-19-25)23-17-20-30-28(21-23)27-13-7-8-14-29(27)32(30)26-11-5-2-6-12-26;21-16-12-10-15(11-13-16)20-19(14-6-2-1-3-7-14)22-17-8-4-5-9-18(17)23-20/h1-34H;1-21,31H;1-13H. The van der Waals surface area contributed by atoms with Crippen molar-refractivity contribution in [2.24, 2.45) is 0 Å². The topological polar surface area (TPSA) is 76.7 Å². The maximum absolute atomic E-state index is 5.13. The molecule has 8 nitrogen and oxygen atoms in total. The highest BCUT2D eigenvalue weighted by Gasteiger charge is 2.20. The maximum Gasteiger partial charge on any atom is 0.0973 e. The van der Waals surface area contributed by atoms with E-state index >= 15 is 0 Å². The third-order valence-corrected chi connectivity index (χ3v) is 20.4. The Morgan fingerprint density at radius 1 is 0.220 bits per heavy atom. The number of nitrogens with zero attached hydrogens (tertiary/aromatic N) is 7. The molecular formula is C100H69BrN8. The molecule has 0 saturated carbocycles. The molecule has 0 spiro atoms. The van der Waals surface area contributed by atoms with Crippen molar-refractivity contribution in [3.63, 3.8) is 0 Å². The van der Waals surface area contributed by atoms with Gasteiger partial charge < -0.3 is 19.4 Å². The highest BCUT2D eigenvalue weighted by Crippen LogP contribution is 2.42. The summed E-state index contributed by atoms with van der Waals surface area (Å²) >= 11 is 3.49. The second kappa shape index (κ2) is 30.2. The summed E-state index contributed by atoms with van der Waals surface area (Å²) in [5.41, 5.74) is 28.7. The molecule has 20 aromatic rings. The van der Waals surface area contributed by atoms with Crippen molar-refractivity contribution in [1.82, 2.24) is 29.1 Å². The minimum absolute atomic E-state index is 0.867. The first-order valence-electron chi connectivity index (χ1n) is 36.5. The SMILES string of the molecule is Brc1ccc(-c2nc3ccccc3nc2-c2ccccc2)cc1.c1ccc(-c2nc3ccccc3nc2-c2ccc(N(c3ccccc3)c3ccc(-c4ccc5c(c4)c4ccccc4n5-c4ccccc4)cc3)cc2)cc1.c1ccc(Nc2ccc(-c3ccc4c(c3)c3ccccc3n4-c3ccccc3)cc2)cc1. The number of hydrogen-bond donors (Lipinski definition) is 1. The van der Waals surface area contributed by atoms with Crippen LogP contribution in [0.25, 0.3) is 144 Å². The lowest BCUT2D eigenvalue weighted by atomic mass is 10.0. The number of benzene rings is 16. The second-order valence-electron chi connectivity index (χ2n) is 26.7. The lowest BCUT2D eigenvalue weighted by molar-refractivity contribution is 1.18. The first-order valence-corrected chi connectivity index (χ1v) is 37.3. The van der Waals surface area contributed by atoms with E-state index in [1.54, 1.807) is 0 Å². The van der Waals surface area contributed by atoms with E-state index in [-0.39, 0.29) is 0 Å². The Kier molecular flexibility index (Phi) is 18.5. The maximum atomic E-state index is 5.13. The molecule has 109 heavy (non-hydrogen) atoms. The Labute approximate surface area is 640 Å². The summed E-state index contributed by atoms with van der Waals surface area (Å²) in [6.45, 7) is 0. The minimum Gasteiger partial charge on any atom is -0.356 e. The number of rotatable bonds is 13. The smallest absolute Gasteiger partial charge is 0.0973 e. The molecule has 0 fully saturated rings. The highest BCUT2D eigenvalue weighted by atomic mass is 79.9. The van der Waals surface area contributed by atoms with Crippen molar-refractivity contribution in [1.29, 1.82) is 0 Å². The summed E-state index contributed by atoms with van der Waals surface area (Å²) in [6, 6.07) is 144. The van der Waals surface area contributed by atoms with Crippen LogP contribution < -0.4 is 10.2 Å². The van der Waals surface area contributed by atoms with Gasteiger partial charge in [0.15, 0.2) is 0 Å². The monoisotopic (exact) mass is 1460 g/mol. The molecule has 9 heteroatoms. The number of aromatic nitrogens is 6. The summed E-state index contributed by atoms with van der Waals surface area (Å²) in [5.74, 6) is 0. The van der Waals surface area contributed by atoms with Crippen LogP contribution in [0.2, 0.25) is 0 Å². The molecule has 516 valence electrons. The quantitative estimate of drug-likeness (QED) is 0.124. The Morgan fingerprint density at radius 2 is 0.505 bits per heavy atom. The average Bonchev–Trinajstić information content (AvgIpc) is 1.61. The zero-order chi connectivity index (χ0) is 72.8. The zero-order valence-corrected chi connectivity index (χ0v) is 60.9. The molecule has 0 radical (unpaired) electrons. The van der Waals surface area contributed by atoms with Gasteiger partial charge in [-0.05, 0) is 180 Å². The molecule has 0 unspecified atom stereocenters. The van der Waals surface area contributed by atoms with Gasteiger partial charge in [-0.2, -0.15) is 0 Å². The molecule has 1 N–H and O–H groups in total. The second-order valence-corrected chi connectivity index (χ2v) is 27.6. The summed E-state index contributed by atoms with van der Waals surface area (Å²) in [6.07, 6.45) is 0. The van der Waals surface area contributed by atoms with Crippen LogP contribution in [0.15, 0.2) is 417 Å². The molecule has 4 aromatic heterocycles. The van der Waals surface area contributed by atoms with E-state index in [1.165, 1.54) is 71.6 Å². The van der Waals surface area contributed by atoms with Gasteiger partial charge in [0.25, 0.3) is 0 Å². The fourth-order valence-corrected chi connectivity index (χ4v) is 14.9. The number of para-hydroxylation sites is 10. The van der Waals surface area contributed by atoms with Gasteiger partial charge in [-0.1, -0.05) is 271 Å². The van der Waals surface area contributed by atoms with Crippen molar-refractivity contribution in [2.75, 3.05) is 10.2 Å². The number of hydrogen-bond acceptors (Lipinski definition) is 6. The predicted molar refractivity (Wildman–Crippen MR) is 459 cm³/mol. The Bertz CT molecular complexity index is 6580. The summed E-state index contributed by atoms with van der Waals surface area (Å²) in [7, 11) is 0. The Morgan fingerprint density at radius 3 is 0.917 bits per heavy atom. The fraction of sp³-hybridized carbons (Fsp3) is 0. The van der Waals surface area contributed by atoms with E-state index in [4.69, 9.17) is 19.9 Å². The zero-order valence-electron chi connectivity index (χ0n) is 59.3. The summed E-state index contributed by atoms with van der Waals surface area (Å²) in [4.78, 5) is 22.2. The van der Waals surface area contributed by atoms with E-state index in [9.17, 15) is 0 Å². The Hall–Kier alpha value is -14.1. The van der Waals surface area contributed by atoms with Crippen molar-refractivity contribution in [3.8, 4) is 78.7 Å². The number of fused-ring (bicyclic) bond motifs is 8. The van der Waals surface area contributed by atoms with E-state index in [1.807, 2.05) is 115 Å². The van der Waals surface area contributed by atoms with Gasteiger partial charge in [0.05, 0.1) is 66.9 Å². The van der Waals surface area contributed by atoms with Crippen LogP contribution in [0.1, 0.15) is 0 Å². The molecule has 0 aliphatic rings. The van der Waals surface area contributed by atoms with Gasteiger partial charge in [-0.15, -0.1) is 0 Å². The normalized spacial score (nSPS) is 11.2. The van der Waals surface area contributed by atoms with Gasteiger partial charge in [-0.25, -0.2) is 19.9 Å². The lowest BCUT2D eigenvalue weighted by Gasteiger charge is -2.26. The van der Waals surface area contributed by atoms with Crippen LogP contribution in [0.3, 0.4) is 0 Å². The van der Waals surface area contributed by atoms with Crippen molar-refractivity contribution >= 4 is 110 Å². The molecule has 0 bridgehead atoms. The first kappa shape index (κ1) is 66.8. The van der Waals surface area contributed by atoms with Crippen molar-refractivity contribution in [3.05, 3.63) is 417 Å². The molecule has 0 aliphatic carbocycles. The van der Waals surface area contributed by atoms with Gasteiger partial charge in [0, 0.05) is 88.1 Å². The fourth-order valence-electron chi connectivity index (χ4n) is 14.7. The average molecular weight is 1460 g/mol. The van der Waals surface area contributed by atoms with E-state index in [0.717, 1.165) is 106 Å². The van der Waals surface area contributed by atoms with E-state index in [2.05, 4.69) is 333 Å². The van der Waals surface area contributed by atoms with Crippen LogP contribution in [-0.4, -0.2) is 29.1 Å². The van der Waals surface area contributed by atoms with Gasteiger partial charge in [0.1, 0.15) is 0 Å². The number of nitrogens with one attached hydrogen (secondary N) is 1. The van der Waals surface area contributed by atoms with Crippen LogP contribution in [0.5, 0.6) is 0 Å². The van der Waals surface area contributed by atoms with Gasteiger partial charge in [0.2, 0.25) is 0 Å². The van der Waals surface area contributed by atoms with E-state index in [0.29, 0.717) is 0 Å². The van der Waals surface area contributed by atoms with Gasteiger partial charge >= 0.3 is 0 Å². The molecular weight excluding hydrogens is 1390 g/mol. The van der Waals surface area contributed by atoms with Crippen LogP contribution in [0.4, 0.5) is 28.4 Å². The molecule has 0 atom stereocenters. The third kappa shape index (κ3) is 13.8. The summed E-state index contributed by atoms with van der Waals surface area (Å²) in [5, 5.41) is 8.49. The molecule has 16 aromatic carbocycles. The van der Waals surface area contributed by atoms with Crippen LogP contribution in [0, 0.1) is 0 Å². The van der Waals surface area contributed by atoms with Crippen molar-refractivity contribution in [2.45, 2.75) is 0 Å². The summed E-state index contributed by atoms with van der Waals surface area (Å²) < 4.78 is 5.76. The molecule has 0 saturated heterocycles. The highest BCUT2D eigenvalue weighted by molar-refractivity contribution is 9.10. The molecule has 20 rings (SSSR count). The molecule has 4 heterocycles. The van der Waals surface area contributed by atoms with Gasteiger partial charge in [-0.3, -0.25) is 0 Å². The predicted octanol–water partition coefficient (Wildman–Crippen LogP) is 27.1. The number of halogens is 1. The third-order valence-electron chi connectivity index (χ3n) is 19.9. The number of anilines is 5.